The highest BCUT2D eigenvalue weighted by atomic mass is 79.9. The lowest BCUT2D eigenvalue weighted by molar-refractivity contribution is 0.271. The number of hydrogen-bond donors (Lipinski definition) is 1. The number of halogens is 1. The minimum absolute atomic E-state index is 0.279. The lowest BCUT2D eigenvalue weighted by atomic mass is 9.78. The lowest BCUT2D eigenvalue weighted by Crippen LogP contribution is -2.23. The zero-order chi connectivity index (χ0) is 14.8. The fourth-order valence-corrected chi connectivity index (χ4v) is 3.19. The normalized spacial score (nSPS) is 17.8. The highest BCUT2D eigenvalue weighted by molar-refractivity contribution is 9.10. The van der Waals surface area contributed by atoms with E-state index in [0.717, 1.165) is 23.2 Å². The fraction of sp³-hybridized carbons (Fsp3) is 0.333. The average Bonchev–Trinajstić information content (AvgIpc) is 2.47. The average molecular weight is 346 g/mol. The molecule has 0 aromatic heterocycles. The lowest BCUT2D eigenvalue weighted by Gasteiger charge is -2.30. The van der Waals surface area contributed by atoms with Gasteiger partial charge in [-0.25, -0.2) is 0 Å². The van der Waals surface area contributed by atoms with Gasteiger partial charge in [0.05, 0.1) is 6.61 Å². The van der Waals surface area contributed by atoms with Gasteiger partial charge in [0, 0.05) is 22.0 Å². The first kappa shape index (κ1) is 14.6. The summed E-state index contributed by atoms with van der Waals surface area (Å²) in [6.07, 6.45) is 1.13. The summed E-state index contributed by atoms with van der Waals surface area (Å²) in [7, 11) is 1.97. The molecule has 1 N–H and O–H groups in total. The number of hydrogen-bond acceptors (Lipinski definition) is 2. The molecule has 0 fully saturated rings. The van der Waals surface area contributed by atoms with Crippen molar-refractivity contribution in [3.8, 4) is 5.75 Å². The third-order valence-corrected chi connectivity index (χ3v) is 4.77. The summed E-state index contributed by atoms with van der Waals surface area (Å²) in [6, 6.07) is 15.2. The number of rotatable bonds is 5. The van der Waals surface area contributed by atoms with Crippen LogP contribution in [-0.2, 0) is 6.42 Å². The van der Waals surface area contributed by atoms with Crippen LogP contribution in [0.4, 0.5) is 0 Å². The summed E-state index contributed by atoms with van der Waals surface area (Å²) in [5, 5.41) is 3.28. The van der Waals surface area contributed by atoms with Gasteiger partial charge >= 0.3 is 0 Å². The molecule has 0 spiro atoms. The predicted molar refractivity (Wildman–Crippen MR) is 90.0 cm³/mol. The van der Waals surface area contributed by atoms with E-state index in [0.29, 0.717) is 5.92 Å². The van der Waals surface area contributed by atoms with Crippen molar-refractivity contribution >= 4 is 15.9 Å². The first-order chi connectivity index (χ1) is 10.2. The van der Waals surface area contributed by atoms with Gasteiger partial charge in [-0.15, -0.1) is 0 Å². The summed E-state index contributed by atoms with van der Waals surface area (Å²) in [6.45, 7) is 2.89. The van der Waals surface area contributed by atoms with E-state index >= 15 is 0 Å². The van der Waals surface area contributed by atoms with Crippen molar-refractivity contribution in [3.63, 3.8) is 0 Å². The zero-order valence-electron chi connectivity index (χ0n) is 12.4. The second kappa shape index (κ2) is 6.20. The summed E-state index contributed by atoms with van der Waals surface area (Å²) < 4.78 is 7.19. The molecule has 3 heteroatoms. The largest absolute Gasteiger partial charge is 0.493 e. The SMILES string of the molecule is CNC(C)c1ccc(Br)cc1OCC1Cc2ccccc21. The van der Waals surface area contributed by atoms with E-state index in [1.165, 1.54) is 16.7 Å². The molecule has 2 aromatic carbocycles. The quantitative estimate of drug-likeness (QED) is 0.864. The molecule has 2 aromatic rings. The Labute approximate surface area is 134 Å². The van der Waals surface area contributed by atoms with Crippen molar-refractivity contribution in [3.05, 3.63) is 63.6 Å². The van der Waals surface area contributed by atoms with Crippen LogP contribution in [0.3, 0.4) is 0 Å². The molecule has 0 bridgehead atoms. The molecule has 0 saturated carbocycles. The summed E-state index contributed by atoms with van der Waals surface area (Å²) in [5.41, 5.74) is 4.10. The molecule has 110 valence electrons. The Morgan fingerprint density at radius 3 is 2.86 bits per heavy atom. The molecular formula is C18H20BrNO. The number of benzene rings is 2. The monoisotopic (exact) mass is 345 g/mol. The first-order valence-electron chi connectivity index (χ1n) is 7.36. The maximum Gasteiger partial charge on any atom is 0.125 e. The first-order valence-corrected chi connectivity index (χ1v) is 8.15. The smallest absolute Gasteiger partial charge is 0.125 e. The van der Waals surface area contributed by atoms with Crippen molar-refractivity contribution < 1.29 is 4.74 Å². The molecule has 0 heterocycles. The Kier molecular flexibility index (Phi) is 4.32. The van der Waals surface area contributed by atoms with Crippen LogP contribution in [0.25, 0.3) is 0 Å². The molecule has 1 aliphatic carbocycles. The summed E-state index contributed by atoms with van der Waals surface area (Å²) >= 11 is 3.53. The van der Waals surface area contributed by atoms with Gasteiger partial charge in [-0.2, -0.15) is 0 Å². The van der Waals surface area contributed by atoms with Crippen molar-refractivity contribution in [2.45, 2.75) is 25.3 Å². The Balaban J connectivity index is 1.73. The third kappa shape index (κ3) is 2.99. The van der Waals surface area contributed by atoms with Crippen molar-refractivity contribution in [2.75, 3.05) is 13.7 Å². The van der Waals surface area contributed by atoms with Crippen LogP contribution in [0.5, 0.6) is 5.75 Å². The molecule has 0 amide bonds. The van der Waals surface area contributed by atoms with Crippen molar-refractivity contribution in [1.29, 1.82) is 0 Å². The number of nitrogens with one attached hydrogen (secondary N) is 1. The van der Waals surface area contributed by atoms with Crippen LogP contribution < -0.4 is 10.1 Å². The molecule has 0 aliphatic heterocycles. The minimum atomic E-state index is 0.279. The van der Waals surface area contributed by atoms with E-state index in [2.05, 4.69) is 70.6 Å². The Morgan fingerprint density at radius 2 is 2.10 bits per heavy atom. The van der Waals surface area contributed by atoms with Crippen LogP contribution in [0.1, 0.15) is 35.6 Å². The van der Waals surface area contributed by atoms with Crippen molar-refractivity contribution in [2.24, 2.45) is 0 Å². The van der Waals surface area contributed by atoms with Gasteiger partial charge < -0.3 is 10.1 Å². The molecule has 3 rings (SSSR count). The van der Waals surface area contributed by atoms with Crippen LogP contribution in [0.2, 0.25) is 0 Å². The Hall–Kier alpha value is -1.32. The van der Waals surface area contributed by atoms with E-state index in [4.69, 9.17) is 4.74 Å². The van der Waals surface area contributed by atoms with E-state index < -0.39 is 0 Å². The second-order valence-electron chi connectivity index (χ2n) is 5.60. The van der Waals surface area contributed by atoms with E-state index in [9.17, 15) is 0 Å². The van der Waals surface area contributed by atoms with Gasteiger partial charge in [-0.05, 0) is 43.7 Å². The van der Waals surface area contributed by atoms with E-state index in [1.54, 1.807) is 0 Å². The number of ether oxygens (including phenoxy) is 1. The highest BCUT2D eigenvalue weighted by Gasteiger charge is 2.26. The molecule has 2 atom stereocenters. The van der Waals surface area contributed by atoms with Crippen LogP contribution in [0.15, 0.2) is 46.9 Å². The Bertz CT molecular complexity index is 641. The standard InChI is InChI=1S/C18H20BrNO/c1-12(20-2)16-8-7-15(19)10-18(16)21-11-14-9-13-5-3-4-6-17(13)14/h3-8,10,12,14,20H,9,11H2,1-2H3. The topological polar surface area (TPSA) is 21.3 Å². The molecule has 0 saturated heterocycles. The van der Waals surface area contributed by atoms with E-state index in [-0.39, 0.29) is 6.04 Å². The zero-order valence-corrected chi connectivity index (χ0v) is 14.0. The Morgan fingerprint density at radius 1 is 1.29 bits per heavy atom. The van der Waals surface area contributed by atoms with Gasteiger partial charge in [0.2, 0.25) is 0 Å². The van der Waals surface area contributed by atoms with Crippen LogP contribution >= 0.6 is 15.9 Å². The molecule has 0 radical (unpaired) electrons. The molecule has 1 aliphatic rings. The molecule has 21 heavy (non-hydrogen) atoms. The molecular weight excluding hydrogens is 326 g/mol. The maximum atomic E-state index is 6.13. The van der Waals surface area contributed by atoms with Gasteiger partial charge in [-0.3, -0.25) is 0 Å². The molecule has 2 nitrogen and oxygen atoms in total. The third-order valence-electron chi connectivity index (χ3n) is 4.28. The second-order valence-corrected chi connectivity index (χ2v) is 6.52. The minimum Gasteiger partial charge on any atom is -0.493 e. The predicted octanol–water partition coefficient (Wildman–Crippen LogP) is 4.45. The summed E-state index contributed by atoms with van der Waals surface area (Å²) in [5.74, 6) is 1.49. The number of fused-ring (bicyclic) bond motifs is 1. The van der Waals surface area contributed by atoms with Crippen molar-refractivity contribution in [1.82, 2.24) is 5.32 Å². The van der Waals surface area contributed by atoms with Crippen LogP contribution in [-0.4, -0.2) is 13.7 Å². The van der Waals surface area contributed by atoms with Crippen LogP contribution in [0, 0.1) is 0 Å². The highest BCUT2D eigenvalue weighted by Crippen LogP contribution is 2.36. The van der Waals surface area contributed by atoms with Gasteiger partial charge in [0.1, 0.15) is 5.75 Å². The van der Waals surface area contributed by atoms with E-state index in [1.807, 2.05) is 7.05 Å². The van der Waals surface area contributed by atoms with Gasteiger partial charge in [0.25, 0.3) is 0 Å². The van der Waals surface area contributed by atoms with Gasteiger partial charge in [-0.1, -0.05) is 46.3 Å². The fourth-order valence-electron chi connectivity index (χ4n) is 2.85. The maximum absolute atomic E-state index is 6.13. The van der Waals surface area contributed by atoms with Gasteiger partial charge in [0.15, 0.2) is 0 Å². The summed E-state index contributed by atoms with van der Waals surface area (Å²) in [4.78, 5) is 0. The molecule has 2 unspecified atom stereocenters.